The third kappa shape index (κ3) is 3.09. The van der Waals surface area contributed by atoms with E-state index in [4.69, 9.17) is 0 Å². The minimum absolute atomic E-state index is 0.00481. The fourth-order valence-electron chi connectivity index (χ4n) is 1.97. The lowest BCUT2D eigenvalue weighted by molar-refractivity contribution is -0.139. The van der Waals surface area contributed by atoms with Gasteiger partial charge in [-0.05, 0) is 48.4 Å². The van der Waals surface area contributed by atoms with E-state index in [1.165, 1.54) is 13.0 Å². The third-order valence-corrected chi connectivity index (χ3v) is 2.95. The van der Waals surface area contributed by atoms with Crippen molar-refractivity contribution in [3.63, 3.8) is 0 Å². The first-order valence-corrected chi connectivity index (χ1v) is 5.88. The molecule has 0 saturated carbocycles. The Morgan fingerprint density at radius 3 is 2.19 bits per heavy atom. The lowest BCUT2D eigenvalue weighted by Crippen LogP contribution is -2.08. The van der Waals surface area contributed by atoms with Crippen LogP contribution in [-0.4, -0.2) is 5.78 Å². The van der Waals surface area contributed by atoms with Gasteiger partial charge in [-0.15, -0.1) is 0 Å². The first-order chi connectivity index (χ1) is 9.70. The Morgan fingerprint density at radius 1 is 1.00 bits per heavy atom. The van der Waals surface area contributed by atoms with Gasteiger partial charge in [0, 0.05) is 5.56 Å². The Hall–Kier alpha value is -2.24. The highest BCUT2D eigenvalue weighted by atomic mass is 19.4. The average Bonchev–Trinajstić information content (AvgIpc) is 2.36. The number of halogens is 5. The SMILES string of the molecule is CC(=O)c1ccc(F)cc1-c1ccc(C(F)(F)F)c(F)c1. The summed E-state index contributed by atoms with van der Waals surface area (Å²) >= 11 is 0. The fourth-order valence-corrected chi connectivity index (χ4v) is 1.97. The molecular formula is C15H9F5O. The molecule has 0 saturated heterocycles. The van der Waals surface area contributed by atoms with Gasteiger partial charge in [0.1, 0.15) is 11.6 Å². The molecule has 0 aliphatic rings. The van der Waals surface area contributed by atoms with Gasteiger partial charge in [0.25, 0.3) is 0 Å². The normalized spacial score (nSPS) is 11.5. The molecule has 1 nitrogen and oxygen atoms in total. The van der Waals surface area contributed by atoms with Crippen molar-refractivity contribution in [1.29, 1.82) is 0 Å². The monoisotopic (exact) mass is 300 g/mol. The number of hydrogen-bond acceptors (Lipinski definition) is 1. The van der Waals surface area contributed by atoms with Gasteiger partial charge in [0.2, 0.25) is 0 Å². The number of ketones is 1. The summed E-state index contributed by atoms with van der Waals surface area (Å²) in [5.41, 5.74) is -1.25. The number of rotatable bonds is 2. The Labute approximate surface area is 117 Å². The van der Waals surface area contributed by atoms with E-state index in [1.807, 2.05) is 0 Å². The van der Waals surface area contributed by atoms with Crippen LogP contribution in [-0.2, 0) is 6.18 Å². The summed E-state index contributed by atoms with van der Waals surface area (Å²) in [5, 5.41) is 0. The van der Waals surface area contributed by atoms with E-state index >= 15 is 0 Å². The zero-order valence-electron chi connectivity index (χ0n) is 10.8. The second kappa shape index (κ2) is 5.27. The summed E-state index contributed by atoms with van der Waals surface area (Å²) < 4.78 is 64.3. The predicted octanol–water partition coefficient (Wildman–Crippen LogP) is 4.85. The van der Waals surface area contributed by atoms with Crippen molar-refractivity contribution in [2.75, 3.05) is 0 Å². The van der Waals surface area contributed by atoms with E-state index < -0.39 is 29.2 Å². The van der Waals surface area contributed by atoms with Crippen LogP contribution in [0.2, 0.25) is 0 Å². The fraction of sp³-hybridized carbons (Fsp3) is 0.133. The van der Waals surface area contributed by atoms with Crippen molar-refractivity contribution < 1.29 is 26.7 Å². The molecule has 2 rings (SSSR count). The lowest BCUT2D eigenvalue weighted by atomic mass is 9.96. The van der Waals surface area contributed by atoms with Crippen molar-refractivity contribution in [3.8, 4) is 11.1 Å². The van der Waals surface area contributed by atoms with Crippen molar-refractivity contribution in [2.45, 2.75) is 13.1 Å². The highest BCUT2D eigenvalue weighted by Gasteiger charge is 2.34. The molecule has 0 amide bonds. The first kappa shape index (κ1) is 15.2. The van der Waals surface area contributed by atoms with Crippen molar-refractivity contribution in [1.82, 2.24) is 0 Å². The van der Waals surface area contributed by atoms with Gasteiger partial charge < -0.3 is 0 Å². The van der Waals surface area contributed by atoms with Gasteiger partial charge in [-0.25, -0.2) is 8.78 Å². The zero-order chi connectivity index (χ0) is 15.8. The molecule has 0 heterocycles. The molecule has 0 fully saturated rings. The summed E-state index contributed by atoms with van der Waals surface area (Å²) in [5.74, 6) is -2.54. The lowest BCUT2D eigenvalue weighted by Gasteiger charge is -2.11. The van der Waals surface area contributed by atoms with E-state index in [-0.39, 0.29) is 16.7 Å². The molecule has 0 N–H and O–H groups in total. The van der Waals surface area contributed by atoms with Crippen molar-refractivity contribution in [3.05, 3.63) is 59.2 Å². The maximum Gasteiger partial charge on any atom is 0.419 e. The van der Waals surface area contributed by atoms with E-state index in [2.05, 4.69) is 0 Å². The van der Waals surface area contributed by atoms with Crippen LogP contribution in [0.15, 0.2) is 36.4 Å². The quantitative estimate of drug-likeness (QED) is 0.572. The summed E-state index contributed by atoms with van der Waals surface area (Å²) in [6.07, 6.45) is -4.81. The highest BCUT2D eigenvalue weighted by molar-refractivity contribution is 6.00. The summed E-state index contributed by atoms with van der Waals surface area (Å²) in [4.78, 5) is 11.5. The molecule has 0 aromatic heterocycles. The largest absolute Gasteiger partial charge is 0.419 e. The predicted molar refractivity (Wildman–Crippen MR) is 66.8 cm³/mol. The van der Waals surface area contributed by atoms with Crippen LogP contribution in [0.5, 0.6) is 0 Å². The maximum atomic E-state index is 13.6. The van der Waals surface area contributed by atoms with Crippen molar-refractivity contribution in [2.24, 2.45) is 0 Å². The highest BCUT2D eigenvalue weighted by Crippen LogP contribution is 2.34. The molecule has 0 atom stereocenters. The van der Waals surface area contributed by atoms with E-state index in [0.717, 1.165) is 18.2 Å². The average molecular weight is 300 g/mol. The Kier molecular flexibility index (Phi) is 3.80. The molecule has 0 bridgehead atoms. The van der Waals surface area contributed by atoms with Crippen LogP contribution in [0.25, 0.3) is 11.1 Å². The van der Waals surface area contributed by atoms with E-state index in [0.29, 0.717) is 12.1 Å². The number of carbonyl (C=O) groups excluding carboxylic acids is 1. The number of carbonyl (C=O) groups is 1. The van der Waals surface area contributed by atoms with Gasteiger partial charge in [-0.2, -0.15) is 13.2 Å². The second-order valence-corrected chi connectivity index (χ2v) is 4.44. The molecule has 110 valence electrons. The Morgan fingerprint density at radius 2 is 1.67 bits per heavy atom. The second-order valence-electron chi connectivity index (χ2n) is 4.44. The summed E-state index contributed by atoms with van der Waals surface area (Å²) in [6.45, 7) is 1.23. The molecule has 0 unspecified atom stereocenters. The van der Waals surface area contributed by atoms with Gasteiger partial charge in [0.05, 0.1) is 5.56 Å². The van der Waals surface area contributed by atoms with Crippen LogP contribution < -0.4 is 0 Å². The number of hydrogen-bond donors (Lipinski definition) is 0. The summed E-state index contributed by atoms with van der Waals surface area (Å²) in [6, 6.07) is 5.47. The maximum absolute atomic E-state index is 13.6. The van der Waals surface area contributed by atoms with Crippen LogP contribution >= 0.6 is 0 Å². The molecule has 21 heavy (non-hydrogen) atoms. The molecule has 2 aromatic carbocycles. The number of benzene rings is 2. The van der Waals surface area contributed by atoms with Gasteiger partial charge in [-0.1, -0.05) is 6.07 Å². The first-order valence-electron chi connectivity index (χ1n) is 5.88. The minimum atomic E-state index is -4.81. The summed E-state index contributed by atoms with van der Waals surface area (Å²) in [7, 11) is 0. The molecule has 0 aliphatic carbocycles. The standard InChI is InChI=1S/C15H9F5O/c1-8(21)11-4-3-10(16)7-12(11)9-2-5-13(14(17)6-9)15(18,19)20/h2-7H,1H3. The number of alkyl halides is 3. The van der Waals surface area contributed by atoms with E-state index in [9.17, 15) is 26.7 Å². The number of Topliss-reactive ketones (excluding diaryl/α,β-unsaturated/α-hetero) is 1. The van der Waals surface area contributed by atoms with Gasteiger partial charge in [0.15, 0.2) is 5.78 Å². The molecule has 0 aliphatic heterocycles. The molecule has 0 radical (unpaired) electrons. The molecular weight excluding hydrogens is 291 g/mol. The van der Waals surface area contributed by atoms with Gasteiger partial charge >= 0.3 is 6.18 Å². The molecule has 2 aromatic rings. The van der Waals surface area contributed by atoms with Crippen LogP contribution in [0.3, 0.4) is 0 Å². The Balaban J connectivity index is 2.61. The molecule has 6 heteroatoms. The van der Waals surface area contributed by atoms with Crippen LogP contribution in [0.4, 0.5) is 22.0 Å². The van der Waals surface area contributed by atoms with Crippen molar-refractivity contribution >= 4 is 5.78 Å². The van der Waals surface area contributed by atoms with Gasteiger partial charge in [-0.3, -0.25) is 4.79 Å². The van der Waals surface area contributed by atoms with Crippen LogP contribution in [0.1, 0.15) is 22.8 Å². The molecule has 0 spiro atoms. The zero-order valence-corrected chi connectivity index (χ0v) is 10.8. The van der Waals surface area contributed by atoms with Crippen LogP contribution in [0, 0.1) is 11.6 Å². The third-order valence-electron chi connectivity index (χ3n) is 2.95. The van der Waals surface area contributed by atoms with E-state index in [1.54, 1.807) is 0 Å². The smallest absolute Gasteiger partial charge is 0.294 e. The topological polar surface area (TPSA) is 17.1 Å². The Bertz CT molecular complexity index is 704. The minimum Gasteiger partial charge on any atom is -0.294 e.